The lowest BCUT2D eigenvalue weighted by Crippen LogP contribution is -2.41. The highest BCUT2D eigenvalue weighted by atomic mass is 127. The van der Waals surface area contributed by atoms with Crippen molar-refractivity contribution in [2.24, 2.45) is 10.9 Å². The summed E-state index contributed by atoms with van der Waals surface area (Å²) in [7, 11) is 2.11. The zero-order chi connectivity index (χ0) is 16.7. The third-order valence-electron chi connectivity index (χ3n) is 4.15. The van der Waals surface area contributed by atoms with E-state index >= 15 is 0 Å². The highest BCUT2D eigenvalue weighted by molar-refractivity contribution is 14.0. The highest BCUT2D eigenvalue weighted by Crippen LogP contribution is 2.13. The largest absolute Gasteiger partial charge is 0.381 e. The molecule has 1 aromatic rings. The predicted molar refractivity (Wildman–Crippen MR) is 109 cm³/mol. The summed E-state index contributed by atoms with van der Waals surface area (Å²) in [6.07, 6.45) is 2.15. The number of ether oxygens (including phenoxy) is 1. The number of aryl methyl sites for hydroxylation is 3. The van der Waals surface area contributed by atoms with Gasteiger partial charge in [0, 0.05) is 51.4 Å². The molecule has 7 heteroatoms. The number of nitrogens with zero attached hydrogens (tertiary/aromatic N) is 4. The Bertz CT molecular complexity index is 511. The van der Waals surface area contributed by atoms with Crippen molar-refractivity contribution in [2.75, 3.05) is 39.9 Å². The summed E-state index contributed by atoms with van der Waals surface area (Å²) in [5.41, 5.74) is 2.30. The molecule has 24 heavy (non-hydrogen) atoms. The predicted octanol–water partition coefficient (Wildman–Crippen LogP) is 2.44. The molecule has 0 bridgehead atoms. The van der Waals surface area contributed by atoms with Crippen molar-refractivity contribution >= 4 is 29.9 Å². The number of hydrogen-bond acceptors (Lipinski definition) is 3. The van der Waals surface area contributed by atoms with Gasteiger partial charge in [-0.05, 0) is 39.7 Å². The molecule has 1 N–H and O–H groups in total. The molecule has 2 heterocycles. The van der Waals surface area contributed by atoms with E-state index in [-0.39, 0.29) is 24.0 Å². The van der Waals surface area contributed by atoms with E-state index in [4.69, 9.17) is 9.73 Å². The average molecular weight is 449 g/mol. The molecule has 0 amide bonds. The second-order valence-corrected chi connectivity index (χ2v) is 6.35. The van der Waals surface area contributed by atoms with Gasteiger partial charge in [-0.2, -0.15) is 5.10 Å². The first-order valence-corrected chi connectivity index (χ1v) is 8.68. The quantitative estimate of drug-likeness (QED) is 0.301. The maximum atomic E-state index is 5.46. The summed E-state index contributed by atoms with van der Waals surface area (Å²) in [6, 6.07) is 2.12. The fraction of sp³-hybridized carbons (Fsp3) is 0.765. The zero-order valence-corrected chi connectivity index (χ0v) is 17.7. The second kappa shape index (κ2) is 10.9. The maximum Gasteiger partial charge on any atom is 0.193 e. The first-order chi connectivity index (χ1) is 11.1. The number of guanidine groups is 1. The molecule has 0 saturated carbocycles. The SMILES string of the molecule is CCNC(=NCCCn1nc(C)cc1C)N(C)CC1CCOC1.I. The number of aliphatic imine (C=N–C) groups is 1. The van der Waals surface area contributed by atoms with E-state index in [1.165, 1.54) is 5.69 Å². The molecule has 0 aliphatic carbocycles. The fourth-order valence-corrected chi connectivity index (χ4v) is 2.98. The van der Waals surface area contributed by atoms with Crippen molar-refractivity contribution in [1.29, 1.82) is 0 Å². The topological polar surface area (TPSA) is 54.7 Å². The lowest BCUT2D eigenvalue weighted by molar-refractivity contribution is 0.181. The Labute approximate surface area is 163 Å². The Kier molecular flexibility index (Phi) is 9.65. The molecule has 0 aromatic carbocycles. The third kappa shape index (κ3) is 6.58. The standard InChI is InChI=1S/C17H31N5O.HI/c1-5-18-17(21(4)12-16-7-10-23-13-16)19-8-6-9-22-15(3)11-14(2)20-22;/h11,16H,5-10,12-13H2,1-4H3,(H,18,19);1H. The van der Waals surface area contributed by atoms with Crippen LogP contribution < -0.4 is 5.32 Å². The van der Waals surface area contributed by atoms with E-state index in [0.717, 1.165) is 63.9 Å². The number of aromatic nitrogens is 2. The lowest BCUT2D eigenvalue weighted by Gasteiger charge is -2.24. The first-order valence-electron chi connectivity index (χ1n) is 8.68. The molecule has 0 spiro atoms. The Morgan fingerprint density at radius 3 is 2.88 bits per heavy atom. The molecule has 6 nitrogen and oxygen atoms in total. The van der Waals surface area contributed by atoms with Crippen molar-refractivity contribution in [3.63, 3.8) is 0 Å². The summed E-state index contributed by atoms with van der Waals surface area (Å²) in [5, 5.41) is 7.88. The van der Waals surface area contributed by atoms with Crippen molar-refractivity contribution in [3.8, 4) is 0 Å². The number of halogens is 1. The monoisotopic (exact) mass is 449 g/mol. The summed E-state index contributed by atoms with van der Waals surface area (Å²) in [5.74, 6) is 1.62. The molecular formula is C17H32IN5O. The van der Waals surface area contributed by atoms with Crippen molar-refractivity contribution < 1.29 is 4.74 Å². The van der Waals surface area contributed by atoms with Gasteiger partial charge >= 0.3 is 0 Å². The first kappa shape index (κ1) is 21.2. The van der Waals surface area contributed by atoms with Gasteiger partial charge in [0.05, 0.1) is 12.3 Å². The Morgan fingerprint density at radius 2 is 2.29 bits per heavy atom. The highest BCUT2D eigenvalue weighted by Gasteiger charge is 2.18. The van der Waals surface area contributed by atoms with Crippen LogP contribution in [0.25, 0.3) is 0 Å². The van der Waals surface area contributed by atoms with Crippen LogP contribution in [0.5, 0.6) is 0 Å². The molecule has 1 saturated heterocycles. The molecule has 1 fully saturated rings. The van der Waals surface area contributed by atoms with Gasteiger partial charge in [0.2, 0.25) is 0 Å². The molecule has 1 aromatic heterocycles. The van der Waals surface area contributed by atoms with Crippen LogP contribution in [-0.4, -0.2) is 60.5 Å². The van der Waals surface area contributed by atoms with Crippen LogP contribution in [0.3, 0.4) is 0 Å². The maximum absolute atomic E-state index is 5.46. The Balaban J connectivity index is 0.00000288. The molecule has 2 rings (SSSR count). The molecule has 0 radical (unpaired) electrons. The van der Waals surface area contributed by atoms with Crippen molar-refractivity contribution in [2.45, 2.75) is 40.2 Å². The smallest absolute Gasteiger partial charge is 0.193 e. The van der Waals surface area contributed by atoms with Gasteiger partial charge in [0.1, 0.15) is 0 Å². The van der Waals surface area contributed by atoms with Gasteiger partial charge in [-0.1, -0.05) is 0 Å². The van der Waals surface area contributed by atoms with Gasteiger partial charge in [-0.3, -0.25) is 9.67 Å². The molecule has 1 aliphatic rings. The summed E-state index contributed by atoms with van der Waals surface area (Å²) in [4.78, 5) is 6.98. The normalized spacial score (nSPS) is 17.7. The fourth-order valence-electron chi connectivity index (χ4n) is 2.98. The molecular weight excluding hydrogens is 417 g/mol. The summed E-state index contributed by atoms with van der Waals surface area (Å²) < 4.78 is 7.53. The molecule has 138 valence electrons. The van der Waals surface area contributed by atoms with Crippen LogP contribution in [0.2, 0.25) is 0 Å². The Hall–Kier alpha value is -0.830. The molecule has 1 unspecified atom stereocenters. The second-order valence-electron chi connectivity index (χ2n) is 6.35. The van der Waals surface area contributed by atoms with Crippen LogP contribution in [0.4, 0.5) is 0 Å². The summed E-state index contributed by atoms with van der Waals surface area (Å²) in [6.45, 7) is 11.6. The third-order valence-corrected chi connectivity index (χ3v) is 4.15. The van der Waals surface area contributed by atoms with E-state index in [9.17, 15) is 0 Å². The Morgan fingerprint density at radius 1 is 1.50 bits per heavy atom. The van der Waals surface area contributed by atoms with Crippen LogP contribution in [0, 0.1) is 19.8 Å². The van der Waals surface area contributed by atoms with Crippen LogP contribution in [0.15, 0.2) is 11.1 Å². The van der Waals surface area contributed by atoms with E-state index < -0.39 is 0 Å². The average Bonchev–Trinajstić information content (AvgIpc) is 3.12. The van der Waals surface area contributed by atoms with Gasteiger partial charge in [-0.15, -0.1) is 24.0 Å². The number of hydrogen-bond donors (Lipinski definition) is 1. The minimum Gasteiger partial charge on any atom is -0.381 e. The van der Waals surface area contributed by atoms with E-state index in [0.29, 0.717) is 5.92 Å². The van der Waals surface area contributed by atoms with E-state index in [2.05, 4.69) is 47.0 Å². The van der Waals surface area contributed by atoms with Gasteiger partial charge in [-0.25, -0.2) is 0 Å². The number of nitrogens with one attached hydrogen (secondary N) is 1. The van der Waals surface area contributed by atoms with Crippen LogP contribution in [0.1, 0.15) is 31.2 Å². The lowest BCUT2D eigenvalue weighted by atomic mass is 10.1. The zero-order valence-electron chi connectivity index (χ0n) is 15.4. The van der Waals surface area contributed by atoms with Gasteiger partial charge in [0.25, 0.3) is 0 Å². The molecule has 1 aliphatic heterocycles. The minimum absolute atomic E-state index is 0. The van der Waals surface area contributed by atoms with E-state index in [1.807, 2.05) is 6.92 Å². The van der Waals surface area contributed by atoms with Crippen LogP contribution >= 0.6 is 24.0 Å². The van der Waals surface area contributed by atoms with Gasteiger partial charge in [0.15, 0.2) is 5.96 Å². The van der Waals surface area contributed by atoms with E-state index in [1.54, 1.807) is 0 Å². The van der Waals surface area contributed by atoms with Crippen molar-refractivity contribution in [1.82, 2.24) is 20.0 Å². The molecule has 1 atom stereocenters. The van der Waals surface area contributed by atoms with Gasteiger partial charge < -0.3 is 15.0 Å². The minimum atomic E-state index is 0. The number of rotatable bonds is 7. The summed E-state index contributed by atoms with van der Waals surface area (Å²) >= 11 is 0. The van der Waals surface area contributed by atoms with Crippen LogP contribution in [-0.2, 0) is 11.3 Å². The van der Waals surface area contributed by atoms with Crippen molar-refractivity contribution in [3.05, 3.63) is 17.5 Å².